The first kappa shape index (κ1) is 13.4. The number of aromatic hydroxyl groups is 1. The molecular weight excluding hydrogens is 276 g/mol. The van der Waals surface area contributed by atoms with Crippen LogP contribution in [0.5, 0.6) is 11.5 Å². The molecule has 0 saturated heterocycles. The van der Waals surface area contributed by atoms with E-state index in [0.29, 0.717) is 0 Å². The molecule has 3 heteroatoms. The van der Waals surface area contributed by atoms with Crippen molar-refractivity contribution in [3.63, 3.8) is 0 Å². The number of phenolic OH excluding ortho intramolecular Hbond substituents is 1. The average Bonchev–Trinajstić information content (AvgIpc) is 2.89. The van der Waals surface area contributed by atoms with E-state index in [-0.39, 0.29) is 16.9 Å². The molecule has 1 N–H and O–H groups in total. The van der Waals surface area contributed by atoms with E-state index in [4.69, 9.17) is 4.74 Å². The minimum absolute atomic E-state index is 0.225. The molecule has 0 aromatic heterocycles. The highest BCUT2D eigenvalue weighted by molar-refractivity contribution is 6.04. The van der Waals surface area contributed by atoms with E-state index in [1.165, 1.54) is 5.56 Å². The lowest BCUT2D eigenvalue weighted by Crippen LogP contribution is -2.36. The zero-order valence-electron chi connectivity index (χ0n) is 12.6. The van der Waals surface area contributed by atoms with E-state index in [2.05, 4.69) is 0 Å². The number of ketones is 1. The lowest BCUT2D eigenvalue weighted by molar-refractivity contribution is 0.0770. The summed E-state index contributed by atoms with van der Waals surface area (Å²) in [7, 11) is 1.62. The van der Waals surface area contributed by atoms with Gasteiger partial charge in [0.2, 0.25) is 0 Å². The van der Waals surface area contributed by atoms with Gasteiger partial charge in [0, 0.05) is 11.0 Å². The highest BCUT2D eigenvalue weighted by Gasteiger charge is 2.46. The number of ether oxygens (including phenoxy) is 1. The quantitative estimate of drug-likeness (QED) is 0.877. The van der Waals surface area contributed by atoms with Crippen molar-refractivity contribution >= 4 is 5.78 Å². The first-order valence-corrected chi connectivity index (χ1v) is 7.64. The van der Waals surface area contributed by atoms with Crippen LogP contribution in [-0.4, -0.2) is 18.0 Å². The molecule has 0 fully saturated rings. The van der Waals surface area contributed by atoms with Crippen molar-refractivity contribution < 1.29 is 14.6 Å². The fraction of sp³-hybridized carbons (Fsp3) is 0.316. The van der Waals surface area contributed by atoms with Crippen LogP contribution in [-0.2, 0) is 19.3 Å². The Bertz CT molecular complexity index is 778. The molecule has 0 saturated carbocycles. The summed E-state index contributed by atoms with van der Waals surface area (Å²) in [4.78, 5) is 13.1. The second-order valence-corrected chi connectivity index (χ2v) is 6.44. The van der Waals surface area contributed by atoms with Crippen molar-refractivity contribution in [1.82, 2.24) is 0 Å². The maximum Gasteiger partial charge on any atom is 0.170 e. The number of phenols is 1. The third-order valence-corrected chi connectivity index (χ3v) is 5.16. The van der Waals surface area contributed by atoms with Crippen LogP contribution in [0.25, 0.3) is 0 Å². The van der Waals surface area contributed by atoms with Gasteiger partial charge in [-0.1, -0.05) is 12.1 Å². The Morgan fingerprint density at radius 1 is 1.05 bits per heavy atom. The molecule has 0 radical (unpaired) electrons. The van der Waals surface area contributed by atoms with E-state index in [0.717, 1.165) is 48.1 Å². The monoisotopic (exact) mass is 294 g/mol. The number of rotatable bonds is 1. The number of aryl methyl sites for hydroxylation is 1. The van der Waals surface area contributed by atoms with Crippen molar-refractivity contribution in [3.05, 3.63) is 58.7 Å². The Kier molecular flexibility index (Phi) is 2.80. The number of Topliss-reactive ketones (excluding diaryl/α,β-unsaturated/α-hetero) is 1. The topological polar surface area (TPSA) is 46.5 Å². The van der Waals surface area contributed by atoms with Gasteiger partial charge in [0.1, 0.15) is 11.5 Å². The van der Waals surface area contributed by atoms with Crippen molar-refractivity contribution in [1.29, 1.82) is 0 Å². The van der Waals surface area contributed by atoms with Gasteiger partial charge in [-0.15, -0.1) is 0 Å². The lowest BCUT2D eigenvalue weighted by Gasteiger charge is -2.33. The van der Waals surface area contributed by atoms with E-state index >= 15 is 0 Å². The van der Waals surface area contributed by atoms with E-state index in [9.17, 15) is 9.90 Å². The molecule has 22 heavy (non-hydrogen) atoms. The fourth-order valence-electron chi connectivity index (χ4n) is 3.96. The van der Waals surface area contributed by atoms with E-state index in [1.54, 1.807) is 19.2 Å². The molecule has 0 amide bonds. The molecule has 2 aliphatic carbocycles. The number of carbonyl (C=O) groups is 1. The third-order valence-electron chi connectivity index (χ3n) is 5.16. The molecule has 112 valence electrons. The Morgan fingerprint density at radius 3 is 2.64 bits per heavy atom. The molecule has 2 aliphatic rings. The summed E-state index contributed by atoms with van der Waals surface area (Å²) in [6.07, 6.45) is 3.30. The number of methoxy groups -OCH3 is 1. The van der Waals surface area contributed by atoms with Gasteiger partial charge in [-0.2, -0.15) is 0 Å². The summed E-state index contributed by atoms with van der Waals surface area (Å²) in [5.41, 5.74) is 3.89. The van der Waals surface area contributed by atoms with Crippen LogP contribution in [0.2, 0.25) is 0 Å². The molecule has 2 aromatic rings. The summed E-state index contributed by atoms with van der Waals surface area (Å²) in [6.45, 7) is 0. The van der Waals surface area contributed by atoms with Gasteiger partial charge in [0.05, 0.1) is 7.11 Å². The third kappa shape index (κ3) is 1.85. The predicted octanol–water partition coefficient (Wildman–Crippen LogP) is 3.31. The Balaban J connectivity index is 1.75. The summed E-state index contributed by atoms with van der Waals surface area (Å²) in [6, 6.07) is 11.3. The maximum absolute atomic E-state index is 13.1. The normalized spacial score (nSPS) is 22.5. The van der Waals surface area contributed by atoms with Crippen molar-refractivity contribution in [2.75, 3.05) is 7.11 Å². The van der Waals surface area contributed by atoms with Crippen LogP contribution in [0, 0.1) is 5.41 Å². The molecular formula is C19H18O3. The molecule has 3 nitrogen and oxygen atoms in total. The standard InChI is InChI=1S/C19H18O3/c1-22-16-5-3-12-6-7-19(18(21)17(12)9-16)10-13-2-4-15(20)8-14(13)11-19/h2-5,8-9,20H,6-7,10-11H2,1H3. The first-order chi connectivity index (χ1) is 10.6. The van der Waals surface area contributed by atoms with Gasteiger partial charge in [-0.25, -0.2) is 0 Å². The van der Waals surface area contributed by atoms with E-state index < -0.39 is 0 Å². The zero-order chi connectivity index (χ0) is 15.3. The summed E-state index contributed by atoms with van der Waals surface area (Å²) >= 11 is 0. The molecule has 4 rings (SSSR count). The maximum atomic E-state index is 13.1. The number of fused-ring (bicyclic) bond motifs is 2. The SMILES string of the molecule is COc1ccc2c(c1)C(=O)C1(CC2)Cc2ccc(O)cc2C1. The predicted molar refractivity (Wildman–Crippen MR) is 83.6 cm³/mol. The first-order valence-electron chi connectivity index (χ1n) is 7.64. The molecule has 2 aromatic carbocycles. The fourth-order valence-corrected chi connectivity index (χ4v) is 3.96. The van der Waals surface area contributed by atoms with Crippen LogP contribution in [0.4, 0.5) is 0 Å². The second-order valence-electron chi connectivity index (χ2n) is 6.44. The van der Waals surface area contributed by atoms with Crippen LogP contribution < -0.4 is 4.74 Å². The van der Waals surface area contributed by atoms with Gasteiger partial charge < -0.3 is 9.84 Å². The summed E-state index contributed by atoms with van der Waals surface area (Å²) in [5.74, 6) is 1.24. The highest BCUT2D eigenvalue weighted by atomic mass is 16.5. The molecule has 0 bridgehead atoms. The van der Waals surface area contributed by atoms with Gasteiger partial charge in [-0.05, 0) is 66.6 Å². The van der Waals surface area contributed by atoms with Gasteiger partial charge in [0.25, 0.3) is 0 Å². The molecule has 1 spiro atoms. The number of carbonyl (C=O) groups excluding carboxylic acids is 1. The van der Waals surface area contributed by atoms with Crippen LogP contribution in [0.1, 0.15) is 33.5 Å². The molecule has 1 atom stereocenters. The van der Waals surface area contributed by atoms with Crippen molar-refractivity contribution in [2.45, 2.75) is 25.7 Å². The highest BCUT2D eigenvalue weighted by Crippen LogP contribution is 2.47. The minimum atomic E-state index is -0.338. The Labute approximate surface area is 129 Å². The second kappa shape index (κ2) is 4.60. The number of hydrogen-bond donors (Lipinski definition) is 1. The van der Waals surface area contributed by atoms with Gasteiger partial charge in [0.15, 0.2) is 5.78 Å². The zero-order valence-corrected chi connectivity index (χ0v) is 12.6. The average molecular weight is 294 g/mol. The molecule has 0 aliphatic heterocycles. The van der Waals surface area contributed by atoms with Gasteiger partial charge in [-0.3, -0.25) is 4.79 Å². The largest absolute Gasteiger partial charge is 0.508 e. The summed E-state index contributed by atoms with van der Waals surface area (Å²) in [5, 5.41) is 9.67. The van der Waals surface area contributed by atoms with E-state index in [1.807, 2.05) is 24.3 Å². The van der Waals surface area contributed by atoms with Crippen molar-refractivity contribution in [3.8, 4) is 11.5 Å². The van der Waals surface area contributed by atoms with Crippen molar-refractivity contribution in [2.24, 2.45) is 5.41 Å². The Morgan fingerprint density at radius 2 is 1.82 bits per heavy atom. The summed E-state index contributed by atoms with van der Waals surface area (Å²) < 4.78 is 5.27. The number of hydrogen-bond acceptors (Lipinski definition) is 3. The smallest absolute Gasteiger partial charge is 0.170 e. The van der Waals surface area contributed by atoms with Crippen LogP contribution >= 0.6 is 0 Å². The molecule has 0 heterocycles. The number of benzene rings is 2. The Hall–Kier alpha value is -2.29. The lowest BCUT2D eigenvalue weighted by atomic mass is 9.68. The molecule has 1 unspecified atom stereocenters. The van der Waals surface area contributed by atoms with Crippen LogP contribution in [0.15, 0.2) is 36.4 Å². The minimum Gasteiger partial charge on any atom is -0.508 e. The van der Waals surface area contributed by atoms with Crippen LogP contribution in [0.3, 0.4) is 0 Å². The van der Waals surface area contributed by atoms with Gasteiger partial charge >= 0.3 is 0 Å².